The van der Waals surface area contributed by atoms with Gasteiger partial charge in [-0.1, -0.05) is 18.2 Å². The fourth-order valence-corrected chi connectivity index (χ4v) is 4.32. The molecule has 0 spiro atoms. The van der Waals surface area contributed by atoms with Gasteiger partial charge in [0.15, 0.2) is 0 Å². The number of amides is 1. The molecule has 6 heteroatoms. The van der Waals surface area contributed by atoms with Gasteiger partial charge < -0.3 is 14.4 Å². The van der Waals surface area contributed by atoms with Crippen LogP contribution in [-0.4, -0.2) is 49.0 Å². The number of fused-ring (bicyclic) bond motifs is 1. The minimum Gasteiger partial charge on any atom is -0.469 e. The van der Waals surface area contributed by atoms with E-state index in [1.54, 1.807) is 16.7 Å². The molecule has 5 nitrogen and oxygen atoms in total. The Morgan fingerprint density at radius 2 is 2.18 bits per heavy atom. The van der Waals surface area contributed by atoms with E-state index in [2.05, 4.69) is 12.1 Å². The van der Waals surface area contributed by atoms with E-state index < -0.39 is 0 Å². The number of methoxy groups -OCH3 is 1. The predicted molar refractivity (Wildman–Crippen MR) is 82.6 cm³/mol. The third-order valence-electron chi connectivity index (χ3n) is 4.38. The molecule has 2 heterocycles. The fraction of sp³-hybridized carbons (Fsp3) is 0.500. The summed E-state index contributed by atoms with van der Waals surface area (Å²) in [6.07, 6.45) is 0.0843. The Labute approximate surface area is 134 Å². The first-order valence-corrected chi connectivity index (χ1v) is 8.35. The van der Waals surface area contributed by atoms with Crippen molar-refractivity contribution in [2.24, 2.45) is 11.8 Å². The molecular weight excluding hydrogens is 302 g/mol. The van der Waals surface area contributed by atoms with Crippen molar-refractivity contribution < 1.29 is 19.1 Å². The summed E-state index contributed by atoms with van der Waals surface area (Å²) in [5, 5.41) is 0. The molecule has 0 aromatic heterocycles. The highest BCUT2D eigenvalue weighted by molar-refractivity contribution is 7.99. The van der Waals surface area contributed by atoms with Crippen LogP contribution in [0.3, 0.4) is 0 Å². The average Bonchev–Trinajstić information content (AvgIpc) is 3.07. The van der Waals surface area contributed by atoms with Crippen molar-refractivity contribution in [1.82, 2.24) is 4.90 Å². The number of benzene rings is 1. The molecule has 2 aliphatic rings. The van der Waals surface area contributed by atoms with E-state index in [0.717, 1.165) is 5.75 Å². The average molecular weight is 321 g/mol. The lowest BCUT2D eigenvalue weighted by molar-refractivity contribution is -0.142. The summed E-state index contributed by atoms with van der Waals surface area (Å²) in [6, 6.07) is 10.2. The zero-order chi connectivity index (χ0) is 15.5. The standard InChI is InChI=1S/C16H19NO4S/c1-20-15(18)7-13-11(8-17-14(13)9-21-16(17)19)10-22-12-5-3-2-4-6-12/h2-6,11,13-14H,7-10H2,1H3/t11-,13-,14+/m0/s1. The summed E-state index contributed by atoms with van der Waals surface area (Å²) in [6.45, 7) is 1.04. The largest absolute Gasteiger partial charge is 0.469 e. The lowest BCUT2D eigenvalue weighted by atomic mass is 9.89. The first-order valence-electron chi connectivity index (χ1n) is 7.37. The van der Waals surface area contributed by atoms with E-state index in [-0.39, 0.29) is 29.9 Å². The van der Waals surface area contributed by atoms with Gasteiger partial charge in [-0.25, -0.2) is 4.79 Å². The van der Waals surface area contributed by atoms with Gasteiger partial charge in [-0.3, -0.25) is 4.79 Å². The molecule has 0 N–H and O–H groups in total. The van der Waals surface area contributed by atoms with Gasteiger partial charge in [0.25, 0.3) is 0 Å². The van der Waals surface area contributed by atoms with Gasteiger partial charge in [0, 0.05) is 17.2 Å². The van der Waals surface area contributed by atoms with Crippen LogP contribution in [0.2, 0.25) is 0 Å². The van der Waals surface area contributed by atoms with E-state index in [4.69, 9.17) is 9.47 Å². The number of thioether (sulfide) groups is 1. The molecule has 118 valence electrons. The predicted octanol–water partition coefficient (Wildman–Crippen LogP) is 2.41. The van der Waals surface area contributed by atoms with Crippen LogP contribution in [0.4, 0.5) is 4.79 Å². The van der Waals surface area contributed by atoms with Crippen molar-refractivity contribution in [2.75, 3.05) is 26.0 Å². The molecule has 1 aromatic rings. The van der Waals surface area contributed by atoms with Crippen LogP contribution >= 0.6 is 11.8 Å². The number of nitrogens with zero attached hydrogens (tertiary/aromatic N) is 1. The van der Waals surface area contributed by atoms with Crippen LogP contribution in [0, 0.1) is 11.8 Å². The van der Waals surface area contributed by atoms with Gasteiger partial charge in [-0.05, 0) is 24.0 Å². The summed E-state index contributed by atoms with van der Waals surface area (Å²) in [7, 11) is 1.40. The Morgan fingerprint density at radius 1 is 1.41 bits per heavy atom. The molecule has 2 fully saturated rings. The van der Waals surface area contributed by atoms with Crippen LogP contribution in [0.1, 0.15) is 6.42 Å². The van der Waals surface area contributed by atoms with E-state index in [1.165, 1.54) is 12.0 Å². The maximum atomic E-state index is 11.8. The summed E-state index contributed by atoms with van der Waals surface area (Å²) >= 11 is 1.77. The number of rotatable bonds is 5. The van der Waals surface area contributed by atoms with Gasteiger partial charge >= 0.3 is 12.1 Å². The normalized spacial score (nSPS) is 26.7. The van der Waals surface area contributed by atoms with Crippen LogP contribution < -0.4 is 0 Å². The van der Waals surface area contributed by atoms with Crippen LogP contribution in [0.15, 0.2) is 35.2 Å². The number of cyclic esters (lactones) is 1. The van der Waals surface area contributed by atoms with Gasteiger partial charge in [-0.2, -0.15) is 0 Å². The summed E-state index contributed by atoms with van der Waals surface area (Å²) in [5.74, 6) is 1.05. The molecular formula is C16H19NO4S. The van der Waals surface area contributed by atoms with Crippen molar-refractivity contribution in [2.45, 2.75) is 17.4 Å². The molecule has 1 amide bonds. The first kappa shape index (κ1) is 15.2. The van der Waals surface area contributed by atoms with Gasteiger partial charge in [0.05, 0.1) is 19.6 Å². The molecule has 0 saturated carbocycles. The zero-order valence-corrected chi connectivity index (χ0v) is 13.3. The van der Waals surface area contributed by atoms with Crippen LogP contribution in [0.5, 0.6) is 0 Å². The number of hydrogen-bond donors (Lipinski definition) is 0. The Bertz CT molecular complexity index is 550. The molecule has 2 saturated heterocycles. The van der Waals surface area contributed by atoms with Gasteiger partial charge in [-0.15, -0.1) is 11.8 Å². The Balaban J connectivity index is 1.68. The fourth-order valence-electron chi connectivity index (χ4n) is 3.21. The SMILES string of the molecule is COC(=O)C[C@H]1[C@H](CSc2ccccc2)CN2C(=O)OC[C@H]12. The minimum atomic E-state index is -0.257. The van der Waals surface area contributed by atoms with E-state index in [0.29, 0.717) is 19.6 Å². The monoisotopic (exact) mass is 321 g/mol. The van der Waals surface area contributed by atoms with Crippen LogP contribution in [0.25, 0.3) is 0 Å². The van der Waals surface area contributed by atoms with E-state index >= 15 is 0 Å². The van der Waals surface area contributed by atoms with E-state index in [9.17, 15) is 9.59 Å². The highest BCUT2D eigenvalue weighted by Gasteiger charge is 2.49. The van der Waals surface area contributed by atoms with E-state index in [1.807, 2.05) is 18.2 Å². The summed E-state index contributed by atoms with van der Waals surface area (Å²) in [4.78, 5) is 26.4. The Hall–Kier alpha value is -1.69. The number of esters is 1. The number of ether oxygens (including phenoxy) is 2. The molecule has 3 atom stereocenters. The summed E-state index contributed by atoms with van der Waals surface area (Å²) in [5.41, 5.74) is 0. The van der Waals surface area contributed by atoms with Crippen molar-refractivity contribution in [1.29, 1.82) is 0 Å². The lowest BCUT2D eigenvalue weighted by Gasteiger charge is -2.20. The quantitative estimate of drug-likeness (QED) is 0.616. The second kappa shape index (κ2) is 6.60. The summed E-state index contributed by atoms with van der Waals surface area (Å²) < 4.78 is 9.91. The molecule has 0 aliphatic carbocycles. The second-order valence-corrected chi connectivity index (χ2v) is 6.72. The highest BCUT2D eigenvalue weighted by atomic mass is 32.2. The minimum absolute atomic E-state index is 0.00738. The van der Waals surface area contributed by atoms with Crippen molar-refractivity contribution >= 4 is 23.8 Å². The first-order chi connectivity index (χ1) is 10.7. The molecule has 0 bridgehead atoms. The van der Waals surface area contributed by atoms with Gasteiger partial charge in [0.1, 0.15) is 6.61 Å². The lowest BCUT2D eigenvalue weighted by Crippen LogP contribution is -2.31. The van der Waals surface area contributed by atoms with Crippen molar-refractivity contribution in [3.8, 4) is 0 Å². The Kier molecular flexibility index (Phi) is 4.57. The molecule has 22 heavy (non-hydrogen) atoms. The maximum Gasteiger partial charge on any atom is 0.410 e. The highest BCUT2D eigenvalue weighted by Crippen LogP contribution is 2.39. The van der Waals surface area contributed by atoms with Crippen molar-refractivity contribution in [3.05, 3.63) is 30.3 Å². The third kappa shape index (κ3) is 3.06. The topological polar surface area (TPSA) is 55.8 Å². The smallest absolute Gasteiger partial charge is 0.410 e. The van der Waals surface area contributed by atoms with Crippen molar-refractivity contribution in [3.63, 3.8) is 0 Å². The maximum absolute atomic E-state index is 11.8. The Morgan fingerprint density at radius 3 is 2.91 bits per heavy atom. The molecule has 1 aromatic carbocycles. The second-order valence-electron chi connectivity index (χ2n) is 5.62. The number of carbonyl (C=O) groups is 2. The molecule has 2 aliphatic heterocycles. The third-order valence-corrected chi connectivity index (χ3v) is 5.58. The zero-order valence-electron chi connectivity index (χ0n) is 12.4. The number of carbonyl (C=O) groups excluding carboxylic acids is 2. The molecule has 3 rings (SSSR count). The van der Waals surface area contributed by atoms with Crippen LogP contribution in [-0.2, 0) is 14.3 Å². The number of hydrogen-bond acceptors (Lipinski definition) is 5. The molecule has 0 unspecified atom stereocenters. The van der Waals surface area contributed by atoms with Gasteiger partial charge in [0.2, 0.25) is 0 Å². The molecule has 0 radical (unpaired) electrons.